The van der Waals surface area contributed by atoms with E-state index >= 15 is 0 Å². The van der Waals surface area contributed by atoms with Gasteiger partial charge in [-0.15, -0.1) is 0 Å². The van der Waals surface area contributed by atoms with Gasteiger partial charge in [0.05, 0.1) is 11.2 Å². The minimum absolute atomic E-state index is 0.0817. The molecule has 0 aromatic heterocycles. The van der Waals surface area contributed by atoms with Gasteiger partial charge in [0.25, 0.3) is 0 Å². The number of hydrazone groups is 1. The van der Waals surface area contributed by atoms with Crippen LogP contribution in [0.25, 0.3) is 0 Å². The smallest absolute Gasteiger partial charge is 0.240 e. The van der Waals surface area contributed by atoms with E-state index in [4.69, 9.17) is 23.2 Å². The van der Waals surface area contributed by atoms with Gasteiger partial charge in [0.2, 0.25) is 11.8 Å². The molecular formula is C17H21Cl2N3O2. The third-order valence-corrected chi connectivity index (χ3v) is 4.47. The summed E-state index contributed by atoms with van der Waals surface area (Å²) < 4.78 is 0. The predicted octanol–water partition coefficient (Wildman–Crippen LogP) is 3.67. The lowest BCUT2D eigenvalue weighted by molar-refractivity contribution is -0.126. The van der Waals surface area contributed by atoms with Crippen molar-refractivity contribution in [2.75, 3.05) is 0 Å². The number of amides is 2. The average molecular weight is 370 g/mol. The molecule has 5 nitrogen and oxygen atoms in total. The standard InChI is InChI=1S/C17H21Cl2N3O2/c18-13-7-6-12(15(19)10-13)11-20-22-17(24)9-8-16(23)21-14-4-2-1-3-5-14/h6-7,10-11,14H,1-5,8-9H2,(H,21,23)(H,22,24). The van der Waals surface area contributed by atoms with Gasteiger partial charge < -0.3 is 5.32 Å². The zero-order chi connectivity index (χ0) is 17.4. The first-order valence-corrected chi connectivity index (χ1v) is 8.86. The summed E-state index contributed by atoms with van der Waals surface area (Å²) in [4.78, 5) is 23.5. The van der Waals surface area contributed by atoms with Crippen LogP contribution < -0.4 is 10.7 Å². The van der Waals surface area contributed by atoms with Gasteiger partial charge in [-0.2, -0.15) is 5.10 Å². The van der Waals surface area contributed by atoms with Gasteiger partial charge in [0, 0.05) is 29.5 Å². The Morgan fingerprint density at radius 1 is 1.12 bits per heavy atom. The van der Waals surface area contributed by atoms with Crippen LogP contribution in [0.3, 0.4) is 0 Å². The first-order valence-electron chi connectivity index (χ1n) is 8.11. The summed E-state index contributed by atoms with van der Waals surface area (Å²) in [5.74, 6) is -0.392. The van der Waals surface area contributed by atoms with Gasteiger partial charge in [-0.1, -0.05) is 48.5 Å². The highest BCUT2D eigenvalue weighted by atomic mass is 35.5. The summed E-state index contributed by atoms with van der Waals surface area (Å²) in [5, 5.41) is 7.81. The molecule has 0 atom stereocenters. The van der Waals surface area contributed by atoms with Crippen LogP contribution in [0, 0.1) is 0 Å². The van der Waals surface area contributed by atoms with Crippen molar-refractivity contribution in [1.82, 2.24) is 10.7 Å². The Labute approximate surface area is 151 Å². The topological polar surface area (TPSA) is 70.6 Å². The maximum atomic E-state index is 11.8. The second-order valence-corrected chi connectivity index (χ2v) is 6.71. The predicted molar refractivity (Wildman–Crippen MR) is 96.4 cm³/mol. The fraction of sp³-hybridized carbons (Fsp3) is 0.471. The van der Waals surface area contributed by atoms with Gasteiger partial charge >= 0.3 is 0 Å². The van der Waals surface area contributed by atoms with Crippen LogP contribution in [-0.4, -0.2) is 24.1 Å². The number of nitrogens with zero attached hydrogens (tertiary/aromatic N) is 1. The molecular weight excluding hydrogens is 349 g/mol. The van der Waals surface area contributed by atoms with Gasteiger partial charge in [-0.25, -0.2) is 5.43 Å². The van der Waals surface area contributed by atoms with Crippen LogP contribution in [0.2, 0.25) is 10.0 Å². The summed E-state index contributed by atoms with van der Waals surface area (Å²) >= 11 is 11.8. The molecule has 1 aromatic rings. The largest absolute Gasteiger partial charge is 0.353 e. The average Bonchev–Trinajstić information content (AvgIpc) is 2.56. The second kappa shape index (κ2) is 9.64. The Balaban J connectivity index is 1.69. The molecule has 0 saturated heterocycles. The van der Waals surface area contributed by atoms with E-state index in [0.717, 1.165) is 25.7 Å². The normalized spacial score (nSPS) is 15.4. The maximum absolute atomic E-state index is 11.8. The monoisotopic (exact) mass is 369 g/mol. The molecule has 1 saturated carbocycles. The van der Waals surface area contributed by atoms with Crippen molar-refractivity contribution in [2.24, 2.45) is 5.10 Å². The van der Waals surface area contributed by atoms with Crippen LogP contribution in [0.5, 0.6) is 0 Å². The Bertz CT molecular complexity index is 614. The van der Waals surface area contributed by atoms with Gasteiger partial charge in [-0.05, 0) is 25.0 Å². The number of benzene rings is 1. The highest BCUT2D eigenvalue weighted by molar-refractivity contribution is 6.36. The zero-order valence-corrected chi connectivity index (χ0v) is 14.9. The SMILES string of the molecule is O=C(CCC(=O)NC1CCCCC1)NN=Cc1ccc(Cl)cc1Cl. The van der Waals surface area contributed by atoms with E-state index in [-0.39, 0.29) is 30.7 Å². The van der Waals surface area contributed by atoms with Crippen molar-refractivity contribution in [3.8, 4) is 0 Å². The third-order valence-electron chi connectivity index (χ3n) is 3.90. The minimum Gasteiger partial charge on any atom is -0.353 e. The number of rotatable bonds is 6. The quantitative estimate of drug-likeness (QED) is 0.593. The summed E-state index contributed by atoms with van der Waals surface area (Å²) in [7, 11) is 0. The molecule has 0 spiro atoms. The highest BCUT2D eigenvalue weighted by Gasteiger charge is 2.16. The number of nitrogens with one attached hydrogen (secondary N) is 2. The van der Waals surface area contributed by atoms with Crippen molar-refractivity contribution < 1.29 is 9.59 Å². The van der Waals surface area contributed by atoms with Gasteiger partial charge in [0.1, 0.15) is 0 Å². The van der Waals surface area contributed by atoms with Crippen LogP contribution >= 0.6 is 23.2 Å². The molecule has 0 heterocycles. The van der Waals surface area contributed by atoms with Crippen molar-refractivity contribution in [2.45, 2.75) is 51.0 Å². The van der Waals surface area contributed by atoms with Crippen molar-refractivity contribution >= 4 is 41.2 Å². The highest BCUT2D eigenvalue weighted by Crippen LogP contribution is 2.19. The number of hydrogen-bond acceptors (Lipinski definition) is 3. The lowest BCUT2D eigenvalue weighted by Gasteiger charge is -2.22. The number of halogens is 2. The molecule has 2 amide bonds. The van der Waals surface area contributed by atoms with E-state index in [0.29, 0.717) is 15.6 Å². The van der Waals surface area contributed by atoms with Crippen LogP contribution in [-0.2, 0) is 9.59 Å². The minimum atomic E-state index is -0.310. The van der Waals surface area contributed by atoms with Gasteiger partial charge in [0.15, 0.2) is 0 Å². The van der Waals surface area contributed by atoms with E-state index in [1.807, 2.05) is 0 Å². The number of carbonyl (C=O) groups excluding carboxylic acids is 2. The molecule has 7 heteroatoms. The summed E-state index contributed by atoms with van der Waals surface area (Å²) in [6.45, 7) is 0. The Morgan fingerprint density at radius 3 is 2.54 bits per heavy atom. The zero-order valence-electron chi connectivity index (χ0n) is 13.4. The van der Waals surface area contributed by atoms with E-state index in [9.17, 15) is 9.59 Å². The molecule has 0 aliphatic heterocycles. The molecule has 1 aromatic carbocycles. The third kappa shape index (κ3) is 6.49. The fourth-order valence-electron chi connectivity index (χ4n) is 2.61. The molecule has 130 valence electrons. The number of hydrogen-bond donors (Lipinski definition) is 2. The number of carbonyl (C=O) groups is 2. The molecule has 24 heavy (non-hydrogen) atoms. The summed E-state index contributed by atoms with van der Waals surface area (Å²) in [6, 6.07) is 5.26. The lowest BCUT2D eigenvalue weighted by atomic mass is 9.95. The van der Waals surface area contributed by atoms with E-state index < -0.39 is 0 Å². The molecule has 1 aliphatic carbocycles. The molecule has 1 fully saturated rings. The Kier molecular flexibility index (Phi) is 7.53. The summed E-state index contributed by atoms with van der Waals surface area (Å²) in [5.41, 5.74) is 3.04. The first kappa shape index (κ1) is 18.7. The maximum Gasteiger partial charge on any atom is 0.240 e. The summed E-state index contributed by atoms with van der Waals surface area (Å²) in [6.07, 6.45) is 7.34. The van der Waals surface area contributed by atoms with Gasteiger partial charge in [-0.3, -0.25) is 9.59 Å². The van der Waals surface area contributed by atoms with Crippen LogP contribution in [0.1, 0.15) is 50.5 Å². The first-order chi connectivity index (χ1) is 11.5. The Morgan fingerprint density at radius 2 is 1.83 bits per heavy atom. The fourth-order valence-corrected chi connectivity index (χ4v) is 3.07. The molecule has 0 radical (unpaired) electrons. The molecule has 0 bridgehead atoms. The molecule has 2 N–H and O–H groups in total. The lowest BCUT2D eigenvalue weighted by Crippen LogP contribution is -2.36. The van der Waals surface area contributed by atoms with Crippen LogP contribution in [0.15, 0.2) is 23.3 Å². The van der Waals surface area contributed by atoms with E-state index in [1.165, 1.54) is 12.6 Å². The van der Waals surface area contributed by atoms with Crippen molar-refractivity contribution in [1.29, 1.82) is 0 Å². The Hall–Kier alpha value is -1.59. The molecule has 0 unspecified atom stereocenters. The molecule has 1 aliphatic rings. The van der Waals surface area contributed by atoms with Crippen molar-refractivity contribution in [3.05, 3.63) is 33.8 Å². The van der Waals surface area contributed by atoms with E-state index in [1.54, 1.807) is 18.2 Å². The van der Waals surface area contributed by atoms with Crippen molar-refractivity contribution in [3.63, 3.8) is 0 Å². The second-order valence-electron chi connectivity index (χ2n) is 5.86. The molecule has 2 rings (SSSR count). The van der Waals surface area contributed by atoms with E-state index in [2.05, 4.69) is 15.8 Å². The van der Waals surface area contributed by atoms with Crippen LogP contribution in [0.4, 0.5) is 0 Å².